The van der Waals surface area contributed by atoms with Crippen LogP contribution in [0.25, 0.3) is 11.0 Å². The molecular weight excluding hydrogens is 278 g/mol. The van der Waals surface area contributed by atoms with Crippen LogP contribution in [0.1, 0.15) is 11.4 Å². The molecule has 5 nitrogen and oxygen atoms in total. The predicted octanol–water partition coefficient (Wildman–Crippen LogP) is 2.06. The molecule has 1 atom stereocenters. The van der Waals surface area contributed by atoms with Gasteiger partial charge in [0.05, 0.1) is 61.0 Å². The molecule has 0 N–H and O–H groups in total. The number of aromatic nitrogens is 2. The van der Waals surface area contributed by atoms with Crippen molar-refractivity contribution < 1.29 is 9.47 Å². The first-order valence-electron chi connectivity index (χ1n) is 6.46. The van der Waals surface area contributed by atoms with Crippen molar-refractivity contribution in [3.8, 4) is 6.07 Å². The molecular formula is C14H14ClN3O2. The van der Waals surface area contributed by atoms with Crippen molar-refractivity contribution in [3.63, 3.8) is 0 Å². The summed E-state index contributed by atoms with van der Waals surface area (Å²) in [6.45, 7) is 2.45. The van der Waals surface area contributed by atoms with E-state index in [2.05, 4.69) is 11.1 Å². The summed E-state index contributed by atoms with van der Waals surface area (Å²) in [5.41, 5.74) is 2.37. The molecule has 1 aliphatic rings. The van der Waals surface area contributed by atoms with Gasteiger partial charge in [0.1, 0.15) is 5.82 Å². The lowest BCUT2D eigenvalue weighted by molar-refractivity contribution is -0.0934. The van der Waals surface area contributed by atoms with E-state index in [0.29, 0.717) is 37.8 Å². The van der Waals surface area contributed by atoms with Crippen molar-refractivity contribution in [2.75, 3.05) is 19.8 Å². The Bertz CT molecular complexity index is 656. The van der Waals surface area contributed by atoms with Gasteiger partial charge < -0.3 is 14.0 Å². The van der Waals surface area contributed by atoms with Crippen molar-refractivity contribution in [1.29, 1.82) is 5.26 Å². The first-order chi connectivity index (χ1) is 9.81. The van der Waals surface area contributed by atoms with Gasteiger partial charge >= 0.3 is 0 Å². The highest BCUT2D eigenvalue weighted by molar-refractivity contribution is 6.16. The average molecular weight is 292 g/mol. The summed E-state index contributed by atoms with van der Waals surface area (Å²) in [7, 11) is 0. The standard InChI is InChI=1S/C14H14ClN3O2/c15-6-14-17-12-2-1-10(7-16)5-13(12)18(14)8-11-9-19-3-4-20-11/h1-2,5,11H,3-4,6,8-9H2. The first-order valence-corrected chi connectivity index (χ1v) is 7.00. The minimum atomic E-state index is -0.00569. The van der Waals surface area contributed by atoms with Gasteiger partial charge in [0.15, 0.2) is 0 Å². The van der Waals surface area contributed by atoms with Crippen molar-refractivity contribution in [3.05, 3.63) is 29.6 Å². The van der Waals surface area contributed by atoms with Gasteiger partial charge in [-0.1, -0.05) is 0 Å². The molecule has 1 saturated heterocycles. The molecule has 0 amide bonds. The number of hydrogen-bond acceptors (Lipinski definition) is 4. The summed E-state index contributed by atoms with van der Waals surface area (Å²) in [6.07, 6.45) is -0.00569. The van der Waals surface area contributed by atoms with E-state index in [0.717, 1.165) is 16.9 Å². The van der Waals surface area contributed by atoms with E-state index in [9.17, 15) is 0 Å². The van der Waals surface area contributed by atoms with E-state index < -0.39 is 0 Å². The van der Waals surface area contributed by atoms with Crippen molar-refractivity contribution in [1.82, 2.24) is 9.55 Å². The molecule has 2 heterocycles. The van der Waals surface area contributed by atoms with E-state index >= 15 is 0 Å². The Morgan fingerprint density at radius 3 is 3.05 bits per heavy atom. The van der Waals surface area contributed by atoms with Crippen LogP contribution in [0.3, 0.4) is 0 Å². The number of benzene rings is 1. The highest BCUT2D eigenvalue weighted by atomic mass is 35.5. The zero-order valence-electron chi connectivity index (χ0n) is 10.9. The summed E-state index contributed by atoms with van der Waals surface area (Å²) in [4.78, 5) is 4.50. The van der Waals surface area contributed by atoms with E-state index in [1.54, 1.807) is 6.07 Å². The maximum absolute atomic E-state index is 9.02. The van der Waals surface area contributed by atoms with Crippen molar-refractivity contribution >= 4 is 22.6 Å². The van der Waals surface area contributed by atoms with Gasteiger partial charge in [0.25, 0.3) is 0 Å². The number of fused-ring (bicyclic) bond motifs is 1. The van der Waals surface area contributed by atoms with E-state index in [-0.39, 0.29) is 6.10 Å². The lowest BCUT2D eigenvalue weighted by Crippen LogP contribution is -2.32. The molecule has 20 heavy (non-hydrogen) atoms. The number of alkyl halides is 1. The van der Waals surface area contributed by atoms with Crippen molar-refractivity contribution in [2.24, 2.45) is 0 Å². The topological polar surface area (TPSA) is 60.1 Å². The lowest BCUT2D eigenvalue weighted by atomic mass is 10.2. The number of hydrogen-bond donors (Lipinski definition) is 0. The summed E-state index contributed by atoms with van der Waals surface area (Å²) < 4.78 is 13.1. The molecule has 6 heteroatoms. The van der Waals surface area contributed by atoms with Gasteiger partial charge in [-0.2, -0.15) is 5.26 Å². The van der Waals surface area contributed by atoms with Gasteiger partial charge in [-0.15, -0.1) is 11.6 Å². The largest absolute Gasteiger partial charge is 0.376 e. The Hall–Kier alpha value is -1.61. The Morgan fingerprint density at radius 1 is 1.45 bits per heavy atom. The number of nitriles is 1. The van der Waals surface area contributed by atoms with Crippen LogP contribution in [0.5, 0.6) is 0 Å². The van der Waals surface area contributed by atoms with Gasteiger partial charge in [0, 0.05) is 0 Å². The fraction of sp³-hybridized carbons (Fsp3) is 0.429. The number of nitrogens with zero attached hydrogens (tertiary/aromatic N) is 3. The maximum atomic E-state index is 9.02. The molecule has 1 aromatic carbocycles. The lowest BCUT2D eigenvalue weighted by Gasteiger charge is -2.24. The van der Waals surface area contributed by atoms with Gasteiger partial charge in [-0.05, 0) is 18.2 Å². The Kier molecular flexibility index (Phi) is 3.88. The average Bonchev–Trinajstić information content (AvgIpc) is 2.85. The summed E-state index contributed by atoms with van der Waals surface area (Å²) in [5, 5.41) is 9.02. The Labute approximate surface area is 121 Å². The zero-order chi connectivity index (χ0) is 13.9. The quantitative estimate of drug-likeness (QED) is 0.812. The van der Waals surface area contributed by atoms with Crippen LogP contribution in [0.4, 0.5) is 0 Å². The SMILES string of the molecule is N#Cc1ccc2nc(CCl)n(CC3COCCO3)c2c1. The third-order valence-electron chi connectivity index (χ3n) is 3.35. The minimum Gasteiger partial charge on any atom is -0.376 e. The van der Waals surface area contributed by atoms with Crippen LogP contribution in [0, 0.1) is 11.3 Å². The number of rotatable bonds is 3. The van der Waals surface area contributed by atoms with Gasteiger partial charge in [0.2, 0.25) is 0 Å². The monoisotopic (exact) mass is 291 g/mol. The molecule has 1 aromatic heterocycles. The smallest absolute Gasteiger partial charge is 0.124 e. The third-order valence-corrected chi connectivity index (χ3v) is 3.59. The molecule has 0 spiro atoms. The maximum Gasteiger partial charge on any atom is 0.124 e. The Morgan fingerprint density at radius 2 is 2.35 bits per heavy atom. The second-order valence-corrected chi connectivity index (χ2v) is 4.92. The molecule has 2 aromatic rings. The van der Waals surface area contributed by atoms with Crippen LogP contribution in [0.2, 0.25) is 0 Å². The minimum absolute atomic E-state index is 0.00569. The molecule has 3 rings (SSSR count). The molecule has 0 bridgehead atoms. The highest BCUT2D eigenvalue weighted by Crippen LogP contribution is 2.20. The molecule has 1 fully saturated rings. The fourth-order valence-corrected chi connectivity index (χ4v) is 2.60. The van der Waals surface area contributed by atoms with E-state index in [1.807, 2.05) is 16.7 Å². The van der Waals surface area contributed by atoms with Gasteiger partial charge in [-0.25, -0.2) is 4.98 Å². The molecule has 0 aliphatic carbocycles. The number of imidazole rings is 1. The molecule has 1 aliphatic heterocycles. The first kappa shape index (κ1) is 13.4. The summed E-state index contributed by atoms with van der Waals surface area (Å²) in [6, 6.07) is 7.59. The summed E-state index contributed by atoms with van der Waals surface area (Å²) >= 11 is 5.97. The molecule has 0 saturated carbocycles. The molecule has 1 unspecified atom stereocenters. The zero-order valence-corrected chi connectivity index (χ0v) is 11.6. The summed E-state index contributed by atoms with van der Waals surface area (Å²) in [5.74, 6) is 1.11. The Balaban J connectivity index is 1.99. The number of halogens is 1. The van der Waals surface area contributed by atoms with Gasteiger partial charge in [-0.3, -0.25) is 0 Å². The predicted molar refractivity (Wildman–Crippen MR) is 74.6 cm³/mol. The van der Waals surface area contributed by atoms with Crippen molar-refractivity contribution in [2.45, 2.75) is 18.5 Å². The van der Waals surface area contributed by atoms with E-state index in [4.69, 9.17) is 26.3 Å². The number of ether oxygens (including phenoxy) is 2. The molecule has 104 valence electrons. The van der Waals surface area contributed by atoms with Crippen LogP contribution in [-0.4, -0.2) is 35.5 Å². The van der Waals surface area contributed by atoms with Crippen LogP contribution in [0.15, 0.2) is 18.2 Å². The van der Waals surface area contributed by atoms with Crippen LogP contribution in [-0.2, 0) is 21.9 Å². The second kappa shape index (κ2) is 5.80. The third kappa shape index (κ3) is 2.50. The highest BCUT2D eigenvalue weighted by Gasteiger charge is 2.19. The fourth-order valence-electron chi connectivity index (χ4n) is 2.39. The normalized spacial score (nSPS) is 19.1. The van der Waals surface area contributed by atoms with E-state index in [1.165, 1.54) is 0 Å². The second-order valence-electron chi connectivity index (χ2n) is 4.66. The van der Waals surface area contributed by atoms with Crippen LogP contribution >= 0.6 is 11.6 Å². The van der Waals surface area contributed by atoms with Crippen LogP contribution < -0.4 is 0 Å². The molecule has 0 radical (unpaired) electrons.